The molecule has 1 N–H and O–H groups in total. The second-order valence-corrected chi connectivity index (χ2v) is 7.69. The van der Waals surface area contributed by atoms with Gasteiger partial charge in [-0.15, -0.1) is 11.3 Å². The highest BCUT2D eigenvalue weighted by Gasteiger charge is 2.29. The largest absolute Gasteiger partial charge is 0.378 e. The molecule has 114 valence electrons. The van der Waals surface area contributed by atoms with Gasteiger partial charge in [-0.1, -0.05) is 20.8 Å². The zero-order valence-corrected chi connectivity index (χ0v) is 14.1. The van der Waals surface area contributed by atoms with Gasteiger partial charge in [0.05, 0.1) is 17.3 Å². The Kier molecular flexibility index (Phi) is 5.58. The molecule has 0 aliphatic heterocycles. The predicted molar refractivity (Wildman–Crippen MR) is 85.2 cm³/mol. The van der Waals surface area contributed by atoms with Crippen molar-refractivity contribution in [1.82, 2.24) is 10.3 Å². The second-order valence-electron chi connectivity index (χ2n) is 6.57. The molecule has 1 heterocycles. The summed E-state index contributed by atoms with van der Waals surface area (Å²) in [5.41, 5.74) is 1.66. The fraction of sp³-hybridized carbons (Fsp3) is 0.812. The molecule has 0 spiro atoms. The van der Waals surface area contributed by atoms with E-state index in [2.05, 4.69) is 26.1 Å². The van der Waals surface area contributed by atoms with Gasteiger partial charge >= 0.3 is 0 Å². The quantitative estimate of drug-likeness (QED) is 0.859. The van der Waals surface area contributed by atoms with Crippen LogP contribution in [0, 0.1) is 5.41 Å². The van der Waals surface area contributed by atoms with E-state index in [1.54, 1.807) is 7.11 Å². The third-order valence-corrected chi connectivity index (χ3v) is 5.56. The molecule has 0 atom stereocenters. The number of nitrogens with one attached hydrogen (secondary N) is 1. The number of hydrogen-bond acceptors (Lipinski definition) is 4. The first-order valence-corrected chi connectivity index (χ1v) is 8.55. The molecule has 0 bridgehead atoms. The van der Waals surface area contributed by atoms with Crippen LogP contribution in [0.5, 0.6) is 0 Å². The summed E-state index contributed by atoms with van der Waals surface area (Å²) >= 11 is 1.89. The average Bonchev–Trinajstić information content (AvgIpc) is 2.80. The Hall–Kier alpha value is -0.450. The van der Waals surface area contributed by atoms with Crippen molar-refractivity contribution in [1.29, 1.82) is 0 Å². The van der Waals surface area contributed by atoms with Crippen LogP contribution in [-0.4, -0.2) is 18.6 Å². The van der Waals surface area contributed by atoms with Crippen LogP contribution in [0.1, 0.15) is 68.0 Å². The highest BCUT2D eigenvalue weighted by molar-refractivity contribution is 7.11. The molecule has 1 fully saturated rings. The standard InChI is InChI=1S/C16H28N2OS/c1-5-17-10-14-13(11-19-4)18-15(20-14)12-6-8-16(2,3)9-7-12/h12,17H,5-11H2,1-4H3. The van der Waals surface area contributed by atoms with Crippen LogP contribution in [-0.2, 0) is 17.9 Å². The smallest absolute Gasteiger partial charge is 0.0963 e. The molecule has 1 saturated carbocycles. The summed E-state index contributed by atoms with van der Waals surface area (Å²) in [4.78, 5) is 6.23. The van der Waals surface area contributed by atoms with E-state index in [-0.39, 0.29) is 0 Å². The first-order chi connectivity index (χ1) is 9.55. The Labute approximate surface area is 127 Å². The first-order valence-electron chi connectivity index (χ1n) is 7.74. The highest BCUT2D eigenvalue weighted by atomic mass is 32.1. The van der Waals surface area contributed by atoms with E-state index in [4.69, 9.17) is 9.72 Å². The molecule has 3 nitrogen and oxygen atoms in total. The summed E-state index contributed by atoms with van der Waals surface area (Å²) in [6.07, 6.45) is 5.21. The van der Waals surface area contributed by atoms with Crippen molar-refractivity contribution in [3.63, 3.8) is 0 Å². The molecule has 0 radical (unpaired) electrons. The summed E-state index contributed by atoms with van der Waals surface area (Å²) in [6.45, 7) is 9.47. The van der Waals surface area contributed by atoms with Gasteiger partial charge in [0.1, 0.15) is 0 Å². The number of methoxy groups -OCH3 is 1. The molecule has 2 rings (SSSR count). The van der Waals surface area contributed by atoms with Gasteiger partial charge in [0.15, 0.2) is 0 Å². The number of ether oxygens (including phenoxy) is 1. The monoisotopic (exact) mass is 296 g/mol. The predicted octanol–water partition coefficient (Wildman–Crippen LogP) is 4.08. The first kappa shape index (κ1) is 15.9. The van der Waals surface area contributed by atoms with Crippen molar-refractivity contribution in [2.45, 2.75) is 65.5 Å². The Balaban J connectivity index is 2.08. The van der Waals surface area contributed by atoms with Crippen LogP contribution in [0.4, 0.5) is 0 Å². The van der Waals surface area contributed by atoms with E-state index in [1.165, 1.54) is 35.6 Å². The molecule has 0 saturated heterocycles. The summed E-state index contributed by atoms with van der Waals surface area (Å²) in [7, 11) is 1.75. The lowest BCUT2D eigenvalue weighted by Crippen LogP contribution is -2.20. The van der Waals surface area contributed by atoms with Crippen molar-refractivity contribution < 1.29 is 4.74 Å². The van der Waals surface area contributed by atoms with Crippen LogP contribution < -0.4 is 5.32 Å². The summed E-state index contributed by atoms with van der Waals surface area (Å²) in [6, 6.07) is 0. The molecule has 1 aromatic rings. The van der Waals surface area contributed by atoms with Gasteiger partial charge in [-0.3, -0.25) is 0 Å². The number of thiazole rings is 1. The maximum atomic E-state index is 5.30. The molecule has 1 aliphatic carbocycles. The van der Waals surface area contributed by atoms with E-state index >= 15 is 0 Å². The van der Waals surface area contributed by atoms with E-state index in [0.717, 1.165) is 18.8 Å². The van der Waals surface area contributed by atoms with Crippen molar-refractivity contribution in [2.75, 3.05) is 13.7 Å². The average molecular weight is 296 g/mol. The summed E-state index contributed by atoms with van der Waals surface area (Å²) < 4.78 is 5.30. The summed E-state index contributed by atoms with van der Waals surface area (Å²) in [5.74, 6) is 0.666. The minimum atomic E-state index is 0.524. The molecule has 0 unspecified atom stereocenters. The van der Waals surface area contributed by atoms with Gasteiger partial charge in [0.25, 0.3) is 0 Å². The minimum absolute atomic E-state index is 0.524. The Morgan fingerprint density at radius 2 is 2.05 bits per heavy atom. The van der Waals surface area contributed by atoms with Crippen molar-refractivity contribution in [2.24, 2.45) is 5.41 Å². The lowest BCUT2D eigenvalue weighted by atomic mass is 9.73. The van der Waals surface area contributed by atoms with Gasteiger partial charge in [0, 0.05) is 24.4 Å². The van der Waals surface area contributed by atoms with Gasteiger partial charge < -0.3 is 10.1 Å². The Morgan fingerprint density at radius 3 is 2.65 bits per heavy atom. The van der Waals surface area contributed by atoms with Crippen LogP contribution in [0.15, 0.2) is 0 Å². The maximum Gasteiger partial charge on any atom is 0.0963 e. The summed E-state index contributed by atoms with van der Waals surface area (Å²) in [5, 5.41) is 4.74. The van der Waals surface area contributed by atoms with E-state index in [1.807, 2.05) is 11.3 Å². The van der Waals surface area contributed by atoms with Crippen molar-refractivity contribution >= 4 is 11.3 Å². The molecule has 1 aliphatic rings. The van der Waals surface area contributed by atoms with E-state index in [9.17, 15) is 0 Å². The zero-order valence-electron chi connectivity index (χ0n) is 13.3. The lowest BCUT2D eigenvalue weighted by molar-refractivity contribution is 0.180. The van der Waals surface area contributed by atoms with Crippen LogP contribution >= 0.6 is 11.3 Å². The van der Waals surface area contributed by atoms with Gasteiger partial charge in [-0.2, -0.15) is 0 Å². The number of aromatic nitrogens is 1. The molecule has 0 aromatic carbocycles. The fourth-order valence-corrected chi connectivity index (χ4v) is 4.06. The SMILES string of the molecule is CCNCc1sc(C2CCC(C)(C)CC2)nc1COC. The third kappa shape index (κ3) is 4.03. The Bertz CT molecular complexity index is 418. The van der Waals surface area contributed by atoms with Gasteiger partial charge in [-0.25, -0.2) is 4.98 Å². The van der Waals surface area contributed by atoms with Crippen LogP contribution in [0.3, 0.4) is 0 Å². The topological polar surface area (TPSA) is 34.2 Å². The van der Waals surface area contributed by atoms with Crippen molar-refractivity contribution in [3.05, 3.63) is 15.6 Å². The fourth-order valence-electron chi connectivity index (χ4n) is 2.85. The molecule has 20 heavy (non-hydrogen) atoms. The third-order valence-electron chi connectivity index (χ3n) is 4.30. The number of rotatable bonds is 6. The molecule has 4 heteroatoms. The Morgan fingerprint density at radius 1 is 1.35 bits per heavy atom. The second kappa shape index (κ2) is 7.01. The maximum absolute atomic E-state index is 5.30. The van der Waals surface area contributed by atoms with E-state index < -0.39 is 0 Å². The molecule has 1 aromatic heterocycles. The highest BCUT2D eigenvalue weighted by Crippen LogP contribution is 2.43. The molecular weight excluding hydrogens is 268 g/mol. The van der Waals surface area contributed by atoms with E-state index in [0.29, 0.717) is 17.9 Å². The molecular formula is C16H28N2OS. The number of nitrogens with zero attached hydrogens (tertiary/aromatic N) is 1. The zero-order chi connectivity index (χ0) is 14.6. The minimum Gasteiger partial charge on any atom is -0.378 e. The lowest BCUT2D eigenvalue weighted by Gasteiger charge is -2.33. The van der Waals surface area contributed by atoms with Gasteiger partial charge in [-0.05, 0) is 37.6 Å². The van der Waals surface area contributed by atoms with Crippen LogP contribution in [0.25, 0.3) is 0 Å². The van der Waals surface area contributed by atoms with Crippen molar-refractivity contribution in [3.8, 4) is 0 Å². The normalized spacial score (nSPS) is 19.4. The molecule has 0 amide bonds. The number of hydrogen-bond donors (Lipinski definition) is 1. The van der Waals surface area contributed by atoms with Gasteiger partial charge in [0.2, 0.25) is 0 Å². The van der Waals surface area contributed by atoms with Crippen LogP contribution in [0.2, 0.25) is 0 Å².